The summed E-state index contributed by atoms with van der Waals surface area (Å²) in [5, 5.41) is 3.19. The van der Waals surface area contributed by atoms with Crippen LogP contribution in [0.3, 0.4) is 0 Å². The Morgan fingerprint density at radius 2 is 1.82 bits per heavy atom. The molecular weight excluding hydrogens is 370 g/mol. The third-order valence-electron chi connectivity index (χ3n) is 4.48. The molecule has 144 valence electrons. The second-order valence-corrected chi connectivity index (χ2v) is 7.27. The summed E-state index contributed by atoms with van der Waals surface area (Å²) < 4.78 is 1.63. The van der Waals surface area contributed by atoms with E-state index in [0.717, 1.165) is 10.8 Å². The van der Waals surface area contributed by atoms with E-state index in [1.807, 2.05) is 43.3 Å². The predicted octanol–water partition coefficient (Wildman–Crippen LogP) is 3.86. The molecule has 1 amide bonds. The maximum absolute atomic E-state index is 13.0. The maximum atomic E-state index is 13.0. The van der Waals surface area contributed by atoms with Gasteiger partial charge in [-0.2, -0.15) is 0 Å². The van der Waals surface area contributed by atoms with Gasteiger partial charge in [0.25, 0.3) is 5.56 Å². The van der Waals surface area contributed by atoms with Crippen LogP contribution in [0.5, 0.6) is 0 Å². The van der Waals surface area contributed by atoms with E-state index in [0.29, 0.717) is 35.7 Å². The van der Waals surface area contributed by atoms with Crippen molar-refractivity contribution in [3.63, 3.8) is 0 Å². The number of amides is 1. The summed E-state index contributed by atoms with van der Waals surface area (Å²) in [5.74, 6) is 0.160. The van der Waals surface area contributed by atoms with Gasteiger partial charge in [-0.3, -0.25) is 14.2 Å². The van der Waals surface area contributed by atoms with Crippen LogP contribution in [0.25, 0.3) is 21.7 Å². The molecule has 0 spiro atoms. The number of aromatic nitrogens is 2. The lowest BCUT2D eigenvalue weighted by Gasteiger charge is -2.19. The molecule has 2 aromatic carbocycles. The second kappa shape index (κ2) is 8.89. The van der Waals surface area contributed by atoms with Crippen molar-refractivity contribution >= 4 is 39.3 Å². The zero-order valence-electron chi connectivity index (χ0n) is 15.9. The first-order valence-electron chi connectivity index (χ1n) is 9.14. The molecule has 6 heteroatoms. The van der Waals surface area contributed by atoms with Gasteiger partial charge in [0.05, 0.1) is 16.7 Å². The smallest absolute Gasteiger partial charge is 0.262 e. The molecule has 0 saturated carbocycles. The lowest BCUT2D eigenvalue weighted by Crippen LogP contribution is -2.33. The zero-order valence-corrected chi connectivity index (χ0v) is 16.7. The van der Waals surface area contributed by atoms with E-state index in [1.54, 1.807) is 21.6 Å². The summed E-state index contributed by atoms with van der Waals surface area (Å²) in [6.07, 6.45) is 3.38. The molecule has 0 bridgehead atoms. The summed E-state index contributed by atoms with van der Waals surface area (Å²) in [6.45, 7) is 10.7. The summed E-state index contributed by atoms with van der Waals surface area (Å²) in [5.41, 5.74) is 0.569. The highest BCUT2D eigenvalue weighted by Gasteiger charge is 2.15. The van der Waals surface area contributed by atoms with Gasteiger partial charge in [-0.25, -0.2) is 4.98 Å². The van der Waals surface area contributed by atoms with Crippen LogP contribution in [0, 0.1) is 0 Å². The van der Waals surface area contributed by atoms with E-state index in [9.17, 15) is 9.59 Å². The minimum absolute atomic E-state index is 0.0414. The van der Waals surface area contributed by atoms with Crippen LogP contribution in [-0.4, -0.2) is 39.2 Å². The van der Waals surface area contributed by atoms with E-state index in [-0.39, 0.29) is 17.2 Å². The Bertz CT molecular complexity index is 1090. The summed E-state index contributed by atoms with van der Waals surface area (Å²) in [6, 6.07) is 11.7. The van der Waals surface area contributed by atoms with Crippen LogP contribution < -0.4 is 5.56 Å². The molecule has 0 fully saturated rings. The first kappa shape index (κ1) is 19.9. The van der Waals surface area contributed by atoms with Crippen molar-refractivity contribution in [2.75, 3.05) is 18.8 Å². The Morgan fingerprint density at radius 3 is 2.43 bits per heavy atom. The van der Waals surface area contributed by atoms with Gasteiger partial charge >= 0.3 is 0 Å². The zero-order chi connectivity index (χ0) is 20.1. The van der Waals surface area contributed by atoms with Crippen LogP contribution >= 0.6 is 11.8 Å². The fraction of sp³-hybridized carbons (Fsp3) is 0.227. The Kier molecular flexibility index (Phi) is 6.31. The van der Waals surface area contributed by atoms with Crippen molar-refractivity contribution in [2.24, 2.45) is 0 Å². The van der Waals surface area contributed by atoms with Crippen molar-refractivity contribution in [1.82, 2.24) is 14.5 Å². The molecule has 0 atom stereocenters. The van der Waals surface area contributed by atoms with Crippen molar-refractivity contribution in [3.8, 4) is 0 Å². The fourth-order valence-electron chi connectivity index (χ4n) is 3.08. The summed E-state index contributed by atoms with van der Waals surface area (Å²) in [4.78, 5) is 31.9. The largest absolute Gasteiger partial charge is 0.335 e. The summed E-state index contributed by atoms with van der Waals surface area (Å²) >= 11 is 1.29. The predicted molar refractivity (Wildman–Crippen MR) is 117 cm³/mol. The van der Waals surface area contributed by atoms with Gasteiger partial charge in [-0.05, 0) is 29.8 Å². The highest BCUT2D eigenvalue weighted by atomic mass is 32.2. The number of hydrogen-bond donors (Lipinski definition) is 0. The minimum atomic E-state index is -0.0813. The molecule has 0 unspecified atom stereocenters. The lowest BCUT2D eigenvalue weighted by molar-refractivity contribution is -0.127. The van der Waals surface area contributed by atoms with E-state index in [1.165, 1.54) is 11.8 Å². The highest BCUT2D eigenvalue weighted by molar-refractivity contribution is 7.99. The van der Waals surface area contributed by atoms with Crippen molar-refractivity contribution in [1.29, 1.82) is 0 Å². The molecule has 1 heterocycles. The van der Waals surface area contributed by atoms with E-state index < -0.39 is 0 Å². The third-order valence-corrected chi connectivity index (χ3v) is 5.44. The molecule has 3 rings (SSSR count). The molecule has 0 aliphatic carbocycles. The topological polar surface area (TPSA) is 55.2 Å². The number of fused-ring (bicyclic) bond motifs is 2. The van der Waals surface area contributed by atoms with Crippen LogP contribution in [0.4, 0.5) is 0 Å². The van der Waals surface area contributed by atoms with Crippen LogP contribution in [0.15, 0.2) is 71.7 Å². The van der Waals surface area contributed by atoms with Crippen molar-refractivity contribution in [2.45, 2.75) is 18.6 Å². The number of carbonyl (C=O) groups is 1. The quantitative estimate of drug-likeness (QED) is 0.252. The molecular formula is C22H23N3O2S. The number of carbonyl (C=O) groups excluding carboxylic acids is 1. The normalized spacial score (nSPS) is 10.9. The van der Waals surface area contributed by atoms with Gasteiger partial charge in [-0.1, -0.05) is 48.2 Å². The van der Waals surface area contributed by atoms with E-state index in [4.69, 9.17) is 4.98 Å². The molecule has 0 saturated heterocycles. The lowest BCUT2D eigenvalue weighted by atomic mass is 10.1. The first-order chi connectivity index (χ1) is 13.6. The average Bonchev–Trinajstić information content (AvgIpc) is 2.71. The first-order valence-corrected chi connectivity index (χ1v) is 10.1. The second-order valence-electron chi connectivity index (χ2n) is 6.33. The average molecular weight is 394 g/mol. The monoisotopic (exact) mass is 393 g/mol. The Labute approximate surface area is 168 Å². The van der Waals surface area contributed by atoms with Gasteiger partial charge in [0.15, 0.2) is 5.16 Å². The molecule has 5 nitrogen and oxygen atoms in total. The third kappa shape index (κ3) is 4.02. The summed E-state index contributed by atoms with van der Waals surface area (Å²) in [7, 11) is 0. The number of benzene rings is 2. The molecule has 1 aromatic heterocycles. The minimum Gasteiger partial charge on any atom is -0.335 e. The standard InChI is InChI=1S/C22H23N3O2S/c1-4-11-24(12-5-2)20(26)15-28-22-23-19-14-17-10-8-7-9-16(17)13-18(19)21(27)25(22)6-3/h4-5,7-10,13-14H,1-2,6,11-12,15H2,3H3. The van der Waals surface area contributed by atoms with Gasteiger partial charge in [0.2, 0.25) is 5.91 Å². The molecule has 0 radical (unpaired) electrons. The van der Waals surface area contributed by atoms with Gasteiger partial charge < -0.3 is 4.90 Å². The number of nitrogens with zero attached hydrogens (tertiary/aromatic N) is 3. The Balaban J connectivity index is 1.97. The van der Waals surface area contributed by atoms with Crippen molar-refractivity contribution < 1.29 is 4.79 Å². The number of rotatable bonds is 8. The fourth-order valence-corrected chi connectivity index (χ4v) is 4.05. The van der Waals surface area contributed by atoms with E-state index in [2.05, 4.69) is 13.2 Å². The van der Waals surface area contributed by atoms with Crippen LogP contribution in [0.1, 0.15) is 6.92 Å². The SMILES string of the molecule is C=CCN(CC=C)C(=O)CSc1nc2cc3ccccc3cc2c(=O)n1CC. The molecule has 28 heavy (non-hydrogen) atoms. The van der Waals surface area contributed by atoms with Gasteiger partial charge in [-0.15, -0.1) is 13.2 Å². The molecule has 3 aromatic rings. The van der Waals surface area contributed by atoms with Crippen LogP contribution in [0.2, 0.25) is 0 Å². The number of hydrogen-bond acceptors (Lipinski definition) is 4. The van der Waals surface area contributed by atoms with Crippen LogP contribution in [-0.2, 0) is 11.3 Å². The number of thioether (sulfide) groups is 1. The molecule has 0 aliphatic heterocycles. The molecule has 0 aliphatic rings. The van der Waals surface area contributed by atoms with Gasteiger partial charge in [0, 0.05) is 19.6 Å². The van der Waals surface area contributed by atoms with Crippen molar-refractivity contribution in [3.05, 3.63) is 72.1 Å². The maximum Gasteiger partial charge on any atom is 0.262 e. The van der Waals surface area contributed by atoms with E-state index >= 15 is 0 Å². The Morgan fingerprint density at radius 1 is 1.18 bits per heavy atom. The Hall–Kier alpha value is -2.86. The highest BCUT2D eigenvalue weighted by Crippen LogP contribution is 2.23. The molecule has 0 N–H and O–H groups in total. The van der Waals surface area contributed by atoms with Gasteiger partial charge in [0.1, 0.15) is 0 Å².